The molecule has 12 rings (SSSR count). The zero-order valence-corrected chi connectivity index (χ0v) is 30.5. The number of hydrogen-bond donors (Lipinski definition) is 0. The van der Waals surface area contributed by atoms with Gasteiger partial charge in [0.25, 0.3) is 0 Å². The second-order valence-electron chi connectivity index (χ2n) is 14.9. The molecule has 1 heterocycles. The number of nitrogens with zero attached hydrogens (tertiary/aromatic N) is 2. The summed E-state index contributed by atoms with van der Waals surface area (Å²) in [5, 5.41) is 10.1. The third-order valence-corrected chi connectivity index (χ3v) is 11.9. The minimum absolute atomic E-state index is 1.11. The van der Waals surface area contributed by atoms with Crippen LogP contribution in [0.5, 0.6) is 0 Å². The maximum atomic E-state index is 2.47. The van der Waals surface area contributed by atoms with Gasteiger partial charge in [-0.2, -0.15) is 0 Å². The van der Waals surface area contributed by atoms with E-state index in [2.05, 4.69) is 216 Å². The van der Waals surface area contributed by atoms with Gasteiger partial charge in [0.15, 0.2) is 0 Å². The van der Waals surface area contributed by atoms with E-state index in [0.29, 0.717) is 0 Å². The summed E-state index contributed by atoms with van der Waals surface area (Å²) in [6.07, 6.45) is 0. The molecule has 2 heteroatoms. The van der Waals surface area contributed by atoms with Gasteiger partial charge in [-0.3, -0.25) is 0 Å². The van der Waals surface area contributed by atoms with Gasteiger partial charge in [0.05, 0.1) is 22.4 Å². The number of para-hydroxylation sites is 2. The number of hydrogen-bond acceptors (Lipinski definition) is 1. The van der Waals surface area contributed by atoms with Crippen LogP contribution in [0.1, 0.15) is 0 Å². The van der Waals surface area contributed by atoms with Crippen molar-refractivity contribution in [1.29, 1.82) is 0 Å². The molecule has 0 saturated heterocycles. The highest BCUT2D eigenvalue weighted by Crippen LogP contribution is 2.53. The maximum Gasteiger partial charge on any atom is 0.0562 e. The molecule has 56 heavy (non-hydrogen) atoms. The number of fused-ring (bicyclic) bond motifs is 9. The first kappa shape index (κ1) is 31.0. The molecule has 0 radical (unpaired) electrons. The van der Waals surface area contributed by atoms with Gasteiger partial charge in [0, 0.05) is 33.1 Å². The van der Waals surface area contributed by atoms with Gasteiger partial charge in [-0.05, 0) is 103 Å². The third-order valence-electron chi connectivity index (χ3n) is 11.9. The second kappa shape index (κ2) is 12.0. The monoisotopic (exact) mass is 710 g/mol. The smallest absolute Gasteiger partial charge is 0.0562 e. The normalized spacial score (nSPS) is 11.9. The summed E-state index contributed by atoms with van der Waals surface area (Å²) in [6, 6.07) is 75.8. The van der Waals surface area contributed by atoms with Gasteiger partial charge >= 0.3 is 0 Å². The summed E-state index contributed by atoms with van der Waals surface area (Å²) in [5.41, 5.74) is 14.5. The fourth-order valence-electron chi connectivity index (χ4n) is 9.46. The largest absolute Gasteiger partial charge is 0.310 e. The number of aromatic nitrogens is 1. The van der Waals surface area contributed by atoms with Crippen molar-refractivity contribution < 1.29 is 0 Å². The Morgan fingerprint density at radius 1 is 0.339 bits per heavy atom. The Kier molecular flexibility index (Phi) is 6.66. The molecular formula is C54H34N2. The Balaban J connectivity index is 1.14. The van der Waals surface area contributed by atoms with Crippen LogP contribution in [0.15, 0.2) is 206 Å². The van der Waals surface area contributed by atoms with E-state index in [-0.39, 0.29) is 0 Å². The highest BCUT2D eigenvalue weighted by molar-refractivity contribution is 6.24. The summed E-state index contributed by atoms with van der Waals surface area (Å²) in [5.74, 6) is 0. The van der Waals surface area contributed by atoms with Gasteiger partial charge in [0.2, 0.25) is 0 Å². The van der Waals surface area contributed by atoms with Crippen LogP contribution >= 0.6 is 0 Å². The van der Waals surface area contributed by atoms with Crippen molar-refractivity contribution >= 4 is 71.2 Å². The lowest BCUT2D eigenvalue weighted by molar-refractivity contribution is 1.18. The fraction of sp³-hybridized carbons (Fsp3) is 0. The van der Waals surface area contributed by atoms with Crippen molar-refractivity contribution in [2.45, 2.75) is 0 Å². The first-order valence-corrected chi connectivity index (χ1v) is 19.4. The van der Waals surface area contributed by atoms with Gasteiger partial charge in [0.1, 0.15) is 0 Å². The molecule has 0 aliphatic heterocycles. The Labute approximate surface area is 324 Å². The molecule has 1 aromatic heterocycles. The van der Waals surface area contributed by atoms with Crippen molar-refractivity contribution in [2.24, 2.45) is 0 Å². The SMILES string of the molecule is c1ccc(-c2ccccc2-n2c3ccccc3c3ccc(N(c4ccc5c(c4)-c4c6ccccc6cc6cccc-5c46)c4cccc5ccccc45)cc32)cc1. The van der Waals surface area contributed by atoms with Gasteiger partial charge in [-0.15, -0.1) is 0 Å². The van der Waals surface area contributed by atoms with Crippen molar-refractivity contribution in [1.82, 2.24) is 4.57 Å². The Hall–Kier alpha value is -7.42. The lowest BCUT2D eigenvalue weighted by atomic mass is 9.95. The summed E-state index contributed by atoms with van der Waals surface area (Å²) in [4.78, 5) is 2.47. The zero-order valence-electron chi connectivity index (χ0n) is 30.5. The van der Waals surface area contributed by atoms with E-state index >= 15 is 0 Å². The molecule has 0 amide bonds. The Bertz CT molecular complexity index is 3370. The first-order chi connectivity index (χ1) is 27.8. The first-order valence-electron chi connectivity index (χ1n) is 19.4. The van der Waals surface area contributed by atoms with E-state index in [1.54, 1.807) is 0 Å². The number of anilines is 3. The predicted octanol–water partition coefficient (Wildman–Crippen LogP) is 15.0. The van der Waals surface area contributed by atoms with E-state index in [0.717, 1.165) is 22.7 Å². The average molecular weight is 711 g/mol. The van der Waals surface area contributed by atoms with Crippen LogP contribution in [0.4, 0.5) is 17.1 Å². The summed E-state index contributed by atoms with van der Waals surface area (Å²) >= 11 is 0. The van der Waals surface area contributed by atoms with Gasteiger partial charge in [-0.25, -0.2) is 0 Å². The van der Waals surface area contributed by atoms with Gasteiger partial charge in [-0.1, -0.05) is 158 Å². The molecule has 10 aromatic carbocycles. The van der Waals surface area contributed by atoms with E-state index in [1.807, 2.05) is 0 Å². The Morgan fingerprint density at radius 3 is 1.89 bits per heavy atom. The molecule has 0 saturated carbocycles. The van der Waals surface area contributed by atoms with Crippen LogP contribution in [0.25, 0.3) is 93.2 Å². The third kappa shape index (κ3) is 4.50. The number of rotatable bonds is 5. The molecular weight excluding hydrogens is 677 g/mol. The summed E-state index contributed by atoms with van der Waals surface area (Å²) in [7, 11) is 0. The molecule has 0 N–H and O–H groups in total. The molecule has 0 fully saturated rings. The topological polar surface area (TPSA) is 8.17 Å². The van der Waals surface area contributed by atoms with Crippen LogP contribution in [0, 0.1) is 0 Å². The highest BCUT2D eigenvalue weighted by Gasteiger charge is 2.26. The van der Waals surface area contributed by atoms with Gasteiger partial charge < -0.3 is 9.47 Å². The molecule has 2 nitrogen and oxygen atoms in total. The van der Waals surface area contributed by atoms with Crippen molar-refractivity contribution in [3.05, 3.63) is 206 Å². The predicted molar refractivity (Wildman–Crippen MR) is 238 cm³/mol. The minimum atomic E-state index is 1.11. The summed E-state index contributed by atoms with van der Waals surface area (Å²) in [6.45, 7) is 0. The van der Waals surface area contributed by atoms with Crippen molar-refractivity contribution in [3.8, 4) is 39.1 Å². The van der Waals surface area contributed by atoms with Crippen LogP contribution in [-0.2, 0) is 0 Å². The molecule has 260 valence electrons. The summed E-state index contributed by atoms with van der Waals surface area (Å²) < 4.78 is 2.46. The van der Waals surface area contributed by atoms with E-state index < -0.39 is 0 Å². The standard InChI is InChI=1S/C54H34N2/c1-2-14-35(15-3-1)42-21-8-10-25-50(42)56-51-26-11-9-23-45(51)46-31-29-40(34-52(46)56)55(49-27-13-18-36-16-4-6-20-41(36)49)39-28-30-44-47-24-12-19-38-32-37-17-5-7-22-43(37)54(53(38)47)48(44)33-39/h1-34H. The average Bonchev–Trinajstić information content (AvgIpc) is 3.77. The molecule has 0 spiro atoms. The van der Waals surface area contributed by atoms with E-state index in [9.17, 15) is 0 Å². The fourth-order valence-corrected chi connectivity index (χ4v) is 9.46. The van der Waals surface area contributed by atoms with Crippen LogP contribution in [0.3, 0.4) is 0 Å². The molecule has 0 bridgehead atoms. The van der Waals surface area contributed by atoms with Crippen molar-refractivity contribution in [3.63, 3.8) is 0 Å². The van der Waals surface area contributed by atoms with Crippen LogP contribution in [0.2, 0.25) is 0 Å². The molecule has 0 atom stereocenters. The number of benzene rings is 10. The van der Waals surface area contributed by atoms with Crippen molar-refractivity contribution in [2.75, 3.05) is 4.90 Å². The zero-order chi connectivity index (χ0) is 36.7. The molecule has 1 aliphatic rings. The second-order valence-corrected chi connectivity index (χ2v) is 14.9. The quantitative estimate of drug-likeness (QED) is 0.161. The maximum absolute atomic E-state index is 2.47. The molecule has 1 aliphatic carbocycles. The highest BCUT2D eigenvalue weighted by atomic mass is 15.1. The van der Waals surface area contributed by atoms with E-state index in [1.165, 1.54) is 87.5 Å². The van der Waals surface area contributed by atoms with Crippen LogP contribution < -0.4 is 4.90 Å². The molecule has 0 unspecified atom stereocenters. The minimum Gasteiger partial charge on any atom is -0.310 e. The molecule has 11 aromatic rings. The Morgan fingerprint density at radius 2 is 0.982 bits per heavy atom. The van der Waals surface area contributed by atoms with E-state index in [4.69, 9.17) is 0 Å². The lowest BCUT2D eigenvalue weighted by Gasteiger charge is -2.28. The van der Waals surface area contributed by atoms with Crippen LogP contribution in [-0.4, -0.2) is 4.57 Å². The lowest BCUT2D eigenvalue weighted by Crippen LogP contribution is -2.11.